The summed E-state index contributed by atoms with van der Waals surface area (Å²) in [5.41, 5.74) is 1.22. The lowest BCUT2D eigenvalue weighted by Gasteiger charge is -2.24. The molecule has 1 saturated heterocycles. The molecule has 0 spiro atoms. The fourth-order valence-corrected chi connectivity index (χ4v) is 5.29. The third-order valence-corrected chi connectivity index (χ3v) is 7.54. The van der Waals surface area contributed by atoms with E-state index in [1.807, 2.05) is 41.8 Å². The lowest BCUT2D eigenvalue weighted by Crippen LogP contribution is -2.43. The van der Waals surface area contributed by atoms with Gasteiger partial charge in [-0.2, -0.15) is 5.10 Å². The van der Waals surface area contributed by atoms with Crippen molar-refractivity contribution in [3.8, 4) is 0 Å². The van der Waals surface area contributed by atoms with E-state index in [2.05, 4.69) is 24.3 Å². The molecule has 0 radical (unpaired) electrons. The molecule has 1 aromatic carbocycles. The third-order valence-electron chi connectivity index (χ3n) is 6.57. The first kappa shape index (κ1) is 23.0. The quantitative estimate of drug-likeness (QED) is 0.511. The summed E-state index contributed by atoms with van der Waals surface area (Å²) in [6.45, 7) is 5.45. The van der Waals surface area contributed by atoms with E-state index in [4.69, 9.17) is 4.42 Å². The van der Waals surface area contributed by atoms with E-state index in [0.717, 1.165) is 15.3 Å². The number of rotatable bonds is 6. The van der Waals surface area contributed by atoms with Crippen molar-refractivity contribution < 1.29 is 18.8 Å². The van der Waals surface area contributed by atoms with Gasteiger partial charge < -0.3 is 9.73 Å². The zero-order valence-corrected chi connectivity index (χ0v) is 20.5. The molecule has 4 heterocycles. The first-order chi connectivity index (χ1) is 16.8. The Morgan fingerprint density at radius 3 is 2.60 bits per heavy atom. The number of nitrogens with one attached hydrogen (secondary N) is 1. The first-order valence-corrected chi connectivity index (χ1v) is 12.4. The highest BCUT2D eigenvalue weighted by molar-refractivity contribution is 7.10. The zero-order valence-electron chi connectivity index (χ0n) is 19.7. The average Bonchev–Trinajstić information content (AvgIpc) is 3.64. The number of hydrogen-bond donors (Lipinski definition) is 1. The molecule has 0 bridgehead atoms. The molecule has 2 aliphatic heterocycles. The van der Waals surface area contributed by atoms with E-state index in [1.165, 1.54) is 16.3 Å². The van der Waals surface area contributed by atoms with Crippen LogP contribution in [0.15, 0.2) is 69.7 Å². The van der Waals surface area contributed by atoms with Gasteiger partial charge in [0.05, 0.1) is 12.3 Å². The Labute approximate surface area is 207 Å². The highest BCUT2D eigenvalue weighted by atomic mass is 32.1. The van der Waals surface area contributed by atoms with Gasteiger partial charge in [0.1, 0.15) is 23.6 Å². The molecule has 180 valence electrons. The van der Waals surface area contributed by atoms with E-state index in [1.54, 1.807) is 25.3 Å². The highest BCUT2D eigenvalue weighted by Crippen LogP contribution is 2.36. The summed E-state index contributed by atoms with van der Waals surface area (Å²) in [5.74, 6) is 0.0422. The standard InChI is InChI=1S/C26H26N4O4S/c1-16(2)17-8-10-18(11-9-17)26(3)24(32)29(25(33)27-26)15-23(31)30-20(22-7-5-13-35-22)14-19(28-30)21-6-4-12-34-21/h4-13,16,20H,14-15H2,1-3H3,(H,27,33). The summed E-state index contributed by atoms with van der Waals surface area (Å²) < 4.78 is 5.48. The molecule has 2 aromatic heterocycles. The zero-order chi connectivity index (χ0) is 24.7. The summed E-state index contributed by atoms with van der Waals surface area (Å²) in [4.78, 5) is 41.6. The topological polar surface area (TPSA) is 95.2 Å². The summed E-state index contributed by atoms with van der Waals surface area (Å²) >= 11 is 1.53. The molecule has 2 atom stereocenters. The number of carbonyl (C=O) groups excluding carboxylic acids is 3. The Kier molecular flexibility index (Phi) is 5.80. The van der Waals surface area contributed by atoms with Crippen molar-refractivity contribution in [3.63, 3.8) is 0 Å². The van der Waals surface area contributed by atoms with Gasteiger partial charge in [-0.05, 0) is 47.5 Å². The maximum Gasteiger partial charge on any atom is 0.325 e. The Morgan fingerprint density at radius 2 is 1.97 bits per heavy atom. The predicted molar refractivity (Wildman–Crippen MR) is 132 cm³/mol. The maximum absolute atomic E-state index is 13.4. The molecule has 2 aliphatic rings. The molecule has 1 N–H and O–H groups in total. The Hall–Kier alpha value is -3.72. The molecule has 1 fully saturated rings. The lowest BCUT2D eigenvalue weighted by molar-refractivity contribution is -0.139. The van der Waals surface area contributed by atoms with Crippen LogP contribution in [-0.2, 0) is 15.1 Å². The molecule has 35 heavy (non-hydrogen) atoms. The molecule has 4 amide bonds. The van der Waals surface area contributed by atoms with Crippen LogP contribution in [0, 0.1) is 0 Å². The van der Waals surface area contributed by atoms with Crippen LogP contribution in [0.5, 0.6) is 0 Å². The third kappa shape index (κ3) is 4.05. The highest BCUT2D eigenvalue weighted by Gasteiger charge is 2.50. The van der Waals surface area contributed by atoms with Gasteiger partial charge in [-0.1, -0.05) is 44.2 Å². The number of thiophene rings is 1. The number of carbonyl (C=O) groups is 3. The van der Waals surface area contributed by atoms with Gasteiger partial charge >= 0.3 is 6.03 Å². The second-order valence-corrected chi connectivity index (χ2v) is 10.2. The van der Waals surface area contributed by atoms with E-state index in [9.17, 15) is 14.4 Å². The number of urea groups is 1. The Morgan fingerprint density at radius 1 is 1.20 bits per heavy atom. The molecule has 0 aliphatic carbocycles. The van der Waals surface area contributed by atoms with Gasteiger partial charge in [0, 0.05) is 11.3 Å². The number of amides is 4. The number of imide groups is 1. The van der Waals surface area contributed by atoms with E-state index in [-0.39, 0.29) is 6.04 Å². The van der Waals surface area contributed by atoms with Gasteiger partial charge in [-0.25, -0.2) is 9.80 Å². The summed E-state index contributed by atoms with van der Waals surface area (Å²) in [6, 6.07) is 14.1. The van der Waals surface area contributed by atoms with E-state index in [0.29, 0.717) is 29.4 Å². The minimum Gasteiger partial charge on any atom is -0.463 e. The van der Waals surface area contributed by atoms with E-state index < -0.39 is 29.9 Å². The minimum atomic E-state index is -1.24. The number of furan rings is 1. The number of benzene rings is 1. The molecule has 5 rings (SSSR count). The molecular weight excluding hydrogens is 464 g/mol. The molecule has 0 saturated carbocycles. The first-order valence-electron chi connectivity index (χ1n) is 11.5. The minimum absolute atomic E-state index is 0.321. The van der Waals surface area contributed by atoms with Crippen LogP contribution in [0.25, 0.3) is 0 Å². The van der Waals surface area contributed by atoms with Crippen molar-refractivity contribution in [1.82, 2.24) is 15.2 Å². The maximum atomic E-state index is 13.4. The normalized spacial score (nSPS) is 22.2. The fraction of sp³-hybridized carbons (Fsp3) is 0.308. The van der Waals surface area contributed by atoms with Crippen LogP contribution < -0.4 is 5.32 Å². The van der Waals surface area contributed by atoms with Gasteiger partial charge in [0.25, 0.3) is 11.8 Å². The van der Waals surface area contributed by atoms with Crippen molar-refractivity contribution in [2.75, 3.05) is 6.54 Å². The Balaban J connectivity index is 1.38. The van der Waals surface area contributed by atoms with Gasteiger partial charge in [0.2, 0.25) is 0 Å². The number of hydrogen-bond acceptors (Lipinski definition) is 6. The lowest BCUT2D eigenvalue weighted by atomic mass is 9.90. The summed E-state index contributed by atoms with van der Waals surface area (Å²) in [7, 11) is 0. The molecule has 8 nitrogen and oxygen atoms in total. The van der Waals surface area contributed by atoms with Crippen molar-refractivity contribution in [3.05, 3.63) is 81.9 Å². The fourth-order valence-electron chi connectivity index (χ4n) is 4.48. The van der Waals surface area contributed by atoms with Crippen LogP contribution in [0.2, 0.25) is 0 Å². The second kappa shape index (κ2) is 8.81. The summed E-state index contributed by atoms with van der Waals surface area (Å²) in [5, 5.41) is 10.6. The van der Waals surface area contributed by atoms with Crippen LogP contribution >= 0.6 is 11.3 Å². The van der Waals surface area contributed by atoms with Crippen molar-refractivity contribution in [2.24, 2.45) is 5.10 Å². The van der Waals surface area contributed by atoms with Crippen LogP contribution in [0.1, 0.15) is 60.9 Å². The van der Waals surface area contributed by atoms with Gasteiger partial charge in [-0.15, -0.1) is 11.3 Å². The molecule has 9 heteroatoms. The van der Waals surface area contributed by atoms with Crippen molar-refractivity contribution in [1.29, 1.82) is 0 Å². The van der Waals surface area contributed by atoms with Gasteiger partial charge in [0.15, 0.2) is 0 Å². The van der Waals surface area contributed by atoms with Crippen molar-refractivity contribution in [2.45, 2.75) is 44.7 Å². The smallest absolute Gasteiger partial charge is 0.325 e. The van der Waals surface area contributed by atoms with Gasteiger partial charge in [-0.3, -0.25) is 14.5 Å². The number of hydrazone groups is 1. The number of nitrogens with zero attached hydrogens (tertiary/aromatic N) is 3. The largest absolute Gasteiger partial charge is 0.463 e. The van der Waals surface area contributed by atoms with E-state index >= 15 is 0 Å². The average molecular weight is 491 g/mol. The summed E-state index contributed by atoms with van der Waals surface area (Å²) in [6.07, 6.45) is 2.05. The predicted octanol–water partition coefficient (Wildman–Crippen LogP) is 4.61. The van der Waals surface area contributed by atoms with Crippen molar-refractivity contribution >= 4 is 34.9 Å². The van der Waals surface area contributed by atoms with Crippen LogP contribution in [0.3, 0.4) is 0 Å². The molecular formula is C26H26N4O4S. The second-order valence-electron chi connectivity index (χ2n) is 9.22. The monoisotopic (exact) mass is 490 g/mol. The van der Waals surface area contributed by atoms with Crippen LogP contribution in [0.4, 0.5) is 4.79 Å². The SMILES string of the molecule is CC(C)c1ccc(C2(C)NC(=O)N(CC(=O)N3N=C(c4ccco4)CC3c3cccs3)C2=O)cc1. The Bertz CT molecular complexity index is 1280. The molecule has 2 unspecified atom stereocenters. The molecule has 3 aromatic rings. The van der Waals surface area contributed by atoms with Crippen LogP contribution in [-0.4, -0.2) is 40.0 Å².